The molecule has 3 aromatic rings. The van der Waals surface area contributed by atoms with E-state index in [0.29, 0.717) is 41.7 Å². The Morgan fingerprint density at radius 2 is 2.32 bits per heavy atom. The number of hydrogen-bond donors (Lipinski definition) is 2. The molecule has 0 radical (unpaired) electrons. The monoisotopic (exact) mass is 442 g/mol. The van der Waals surface area contributed by atoms with Crippen molar-refractivity contribution in [3.8, 4) is 23.7 Å². The van der Waals surface area contributed by atoms with Crippen LogP contribution >= 0.6 is 11.6 Å². The van der Waals surface area contributed by atoms with Gasteiger partial charge in [-0.2, -0.15) is 0 Å². The van der Waals surface area contributed by atoms with E-state index in [1.165, 1.54) is 0 Å². The molecule has 160 valence electrons. The zero-order valence-electron chi connectivity index (χ0n) is 16.6. The predicted octanol–water partition coefficient (Wildman–Crippen LogP) is 3.71. The summed E-state index contributed by atoms with van der Waals surface area (Å²) in [6, 6.07) is 1.76. The molecule has 3 aromatic heterocycles. The first kappa shape index (κ1) is 20.9. The van der Waals surface area contributed by atoms with Gasteiger partial charge in [0.1, 0.15) is 5.65 Å². The second-order valence-corrected chi connectivity index (χ2v) is 7.67. The highest BCUT2D eigenvalue weighted by Crippen LogP contribution is 2.28. The van der Waals surface area contributed by atoms with Gasteiger partial charge in [-0.15, -0.1) is 6.42 Å². The summed E-state index contributed by atoms with van der Waals surface area (Å²) >= 11 is 6.05. The molecule has 4 rings (SSSR count). The van der Waals surface area contributed by atoms with E-state index < -0.39 is 11.9 Å². The average Bonchev–Trinajstić information content (AvgIpc) is 3.20. The number of aromatic nitrogens is 4. The van der Waals surface area contributed by atoms with E-state index in [2.05, 4.69) is 31.2 Å². The van der Waals surface area contributed by atoms with Gasteiger partial charge in [-0.1, -0.05) is 17.5 Å². The second-order valence-electron chi connectivity index (χ2n) is 7.24. The Balaban J connectivity index is 1.46. The van der Waals surface area contributed by atoms with Crippen LogP contribution in [0, 0.1) is 24.1 Å². The smallest absolute Gasteiger partial charge is 0.410 e. The van der Waals surface area contributed by atoms with Crippen molar-refractivity contribution in [2.45, 2.75) is 12.8 Å². The van der Waals surface area contributed by atoms with Crippen LogP contribution in [0.1, 0.15) is 12.8 Å². The molecule has 1 aliphatic heterocycles. The Kier molecular flexibility index (Phi) is 6.18. The van der Waals surface area contributed by atoms with Gasteiger partial charge in [0.25, 0.3) is 0 Å². The molecule has 0 aromatic carbocycles. The van der Waals surface area contributed by atoms with Crippen LogP contribution in [0.4, 0.5) is 15.0 Å². The van der Waals surface area contributed by atoms with Crippen LogP contribution in [0.25, 0.3) is 22.4 Å². The summed E-state index contributed by atoms with van der Waals surface area (Å²) in [7, 11) is 0. The van der Waals surface area contributed by atoms with Crippen LogP contribution in [-0.2, 0) is 4.74 Å². The Labute approximate surface area is 183 Å². The van der Waals surface area contributed by atoms with Crippen molar-refractivity contribution in [1.82, 2.24) is 24.8 Å². The molecular formula is C21H20ClFN6O2. The first-order valence-electron chi connectivity index (χ1n) is 9.79. The van der Waals surface area contributed by atoms with E-state index in [1.54, 1.807) is 23.4 Å². The van der Waals surface area contributed by atoms with Gasteiger partial charge in [-0.05, 0) is 24.8 Å². The number of likely N-dealkylation sites (tertiary alicyclic amines) is 1. The van der Waals surface area contributed by atoms with Crippen LogP contribution < -0.4 is 5.32 Å². The molecule has 1 saturated heterocycles. The highest BCUT2D eigenvalue weighted by atomic mass is 35.5. The van der Waals surface area contributed by atoms with Gasteiger partial charge < -0.3 is 19.9 Å². The zero-order valence-corrected chi connectivity index (χ0v) is 17.3. The molecule has 1 fully saturated rings. The fourth-order valence-electron chi connectivity index (χ4n) is 3.62. The summed E-state index contributed by atoms with van der Waals surface area (Å²) < 4.78 is 19.3. The molecule has 0 unspecified atom stereocenters. The third kappa shape index (κ3) is 4.70. The van der Waals surface area contributed by atoms with E-state index in [0.717, 1.165) is 24.4 Å². The van der Waals surface area contributed by atoms with Crippen LogP contribution in [0.15, 0.2) is 24.7 Å². The number of rotatable bonds is 5. The van der Waals surface area contributed by atoms with Gasteiger partial charge in [0.05, 0.1) is 11.2 Å². The van der Waals surface area contributed by atoms with Crippen molar-refractivity contribution in [1.29, 1.82) is 0 Å². The van der Waals surface area contributed by atoms with Gasteiger partial charge in [-0.3, -0.25) is 0 Å². The molecule has 10 heteroatoms. The maximum atomic E-state index is 14.4. The lowest BCUT2D eigenvalue weighted by Gasteiger charge is -2.32. The van der Waals surface area contributed by atoms with Crippen LogP contribution in [0.5, 0.6) is 0 Å². The number of carbonyl (C=O) groups excluding carboxylic acids is 1. The molecule has 2 N–H and O–H groups in total. The van der Waals surface area contributed by atoms with Crippen LogP contribution in [0.2, 0.25) is 5.02 Å². The van der Waals surface area contributed by atoms with Crippen molar-refractivity contribution in [3.63, 3.8) is 0 Å². The third-order valence-corrected chi connectivity index (χ3v) is 5.30. The highest BCUT2D eigenvalue weighted by molar-refractivity contribution is 6.31. The summed E-state index contributed by atoms with van der Waals surface area (Å²) in [6.45, 7) is 1.51. The van der Waals surface area contributed by atoms with E-state index >= 15 is 0 Å². The number of anilines is 1. The van der Waals surface area contributed by atoms with Crippen molar-refractivity contribution in [2.24, 2.45) is 5.92 Å². The summed E-state index contributed by atoms with van der Waals surface area (Å²) in [5, 5.41) is 4.29. The van der Waals surface area contributed by atoms with Crippen molar-refractivity contribution in [2.75, 3.05) is 31.6 Å². The summed E-state index contributed by atoms with van der Waals surface area (Å²) in [5.41, 5.74) is 1.31. The molecule has 0 bridgehead atoms. The number of piperidine rings is 1. The molecule has 1 aliphatic rings. The van der Waals surface area contributed by atoms with Gasteiger partial charge in [0.15, 0.2) is 24.1 Å². The lowest BCUT2D eigenvalue weighted by molar-refractivity contribution is 0.0955. The second kappa shape index (κ2) is 9.18. The number of H-pyrrole nitrogens is 1. The van der Waals surface area contributed by atoms with Gasteiger partial charge in [0.2, 0.25) is 0 Å². The minimum absolute atomic E-state index is 0.0538. The van der Waals surface area contributed by atoms with Gasteiger partial charge in [0, 0.05) is 43.0 Å². The Bertz CT molecular complexity index is 1140. The number of aromatic amines is 1. The highest BCUT2D eigenvalue weighted by Gasteiger charge is 2.25. The lowest BCUT2D eigenvalue weighted by atomic mass is 9.98. The number of nitrogens with zero attached hydrogens (tertiary/aromatic N) is 4. The molecular weight excluding hydrogens is 423 g/mol. The first-order valence-corrected chi connectivity index (χ1v) is 10.2. The first-order chi connectivity index (χ1) is 15.0. The lowest BCUT2D eigenvalue weighted by Crippen LogP contribution is -2.42. The molecule has 8 nitrogen and oxygen atoms in total. The average molecular weight is 443 g/mol. The maximum Gasteiger partial charge on any atom is 0.410 e. The number of pyridine rings is 1. The molecule has 0 aliphatic carbocycles. The fourth-order valence-corrected chi connectivity index (χ4v) is 3.77. The van der Waals surface area contributed by atoms with E-state index in [4.69, 9.17) is 22.8 Å². The van der Waals surface area contributed by atoms with Gasteiger partial charge in [-0.25, -0.2) is 24.1 Å². The number of ether oxygens (including phenoxy) is 1. The molecule has 0 saturated carbocycles. The maximum absolute atomic E-state index is 14.4. The largest absolute Gasteiger partial charge is 0.436 e. The molecule has 31 heavy (non-hydrogen) atoms. The summed E-state index contributed by atoms with van der Waals surface area (Å²) in [5.74, 6) is 2.30. The summed E-state index contributed by atoms with van der Waals surface area (Å²) in [4.78, 5) is 29.4. The molecule has 1 amide bonds. The predicted molar refractivity (Wildman–Crippen MR) is 115 cm³/mol. The van der Waals surface area contributed by atoms with E-state index in [1.807, 2.05) is 0 Å². The topological polar surface area (TPSA) is 96.0 Å². The zero-order chi connectivity index (χ0) is 21.8. The van der Waals surface area contributed by atoms with Crippen LogP contribution in [-0.4, -0.2) is 57.2 Å². The van der Waals surface area contributed by atoms with E-state index in [-0.39, 0.29) is 18.3 Å². The van der Waals surface area contributed by atoms with Crippen LogP contribution in [0.3, 0.4) is 0 Å². The Hall–Kier alpha value is -3.38. The quantitative estimate of drug-likeness (QED) is 0.585. The van der Waals surface area contributed by atoms with Crippen molar-refractivity contribution in [3.05, 3.63) is 35.5 Å². The minimum atomic E-state index is -0.555. The molecule has 0 spiro atoms. The Morgan fingerprint density at radius 1 is 1.45 bits per heavy atom. The van der Waals surface area contributed by atoms with Gasteiger partial charge >= 0.3 is 6.09 Å². The number of hydrogen-bond acceptors (Lipinski definition) is 6. The SMILES string of the molecule is C#CCOC(=O)N1CCC[C@H](CNc2nc(-c3c[nH]c4ncc(Cl)cc34)ncc2F)C1. The number of terminal acetylenes is 1. The molecule has 1 atom stereocenters. The van der Waals surface area contributed by atoms with Crippen molar-refractivity contribution >= 4 is 34.5 Å². The number of nitrogens with one attached hydrogen (secondary N) is 2. The van der Waals surface area contributed by atoms with Crippen molar-refractivity contribution < 1.29 is 13.9 Å². The Morgan fingerprint density at radius 3 is 3.16 bits per heavy atom. The van der Waals surface area contributed by atoms with E-state index in [9.17, 15) is 9.18 Å². The number of carbonyl (C=O) groups is 1. The number of amides is 1. The third-order valence-electron chi connectivity index (χ3n) is 5.10. The molecule has 4 heterocycles. The fraction of sp³-hybridized carbons (Fsp3) is 0.333. The standard InChI is InChI=1S/C21H20ClFN6O2/c1-2-6-31-21(30)29-5-3-4-13(12-29)8-24-20-17(23)11-27-19(28-20)16-10-26-18-15(16)7-14(22)9-25-18/h1,7,9-11,13H,3-6,8,12H2,(H,25,26)(H,24,27,28)/t13-/m1/s1. The number of fused-ring (bicyclic) bond motifs is 1. The minimum Gasteiger partial charge on any atom is -0.436 e. The number of halogens is 2. The summed E-state index contributed by atoms with van der Waals surface area (Å²) in [6.07, 6.45) is 10.8. The normalized spacial score (nSPS) is 16.2.